The molecule has 6 atom stereocenters. The van der Waals surface area contributed by atoms with Crippen LogP contribution in [0.2, 0.25) is 0 Å². The first-order chi connectivity index (χ1) is 11.4. The number of benzene rings is 1. The third kappa shape index (κ3) is 1.17. The quantitative estimate of drug-likeness (QED) is 0.667. The molecule has 1 aliphatic heterocycles. The van der Waals surface area contributed by atoms with Crippen molar-refractivity contribution in [2.75, 3.05) is 6.61 Å². The lowest BCUT2D eigenvalue weighted by atomic mass is 9.44. The van der Waals surface area contributed by atoms with Crippen LogP contribution in [0.25, 0.3) is 0 Å². The highest BCUT2D eigenvalue weighted by atomic mass is 16.5. The van der Waals surface area contributed by atoms with Gasteiger partial charge in [-0.15, -0.1) is 0 Å². The number of ketones is 2. The van der Waals surface area contributed by atoms with E-state index in [1.54, 1.807) is 0 Å². The van der Waals surface area contributed by atoms with Gasteiger partial charge in [0, 0.05) is 17.4 Å². The van der Waals surface area contributed by atoms with Gasteiger partial charge in [0.1, 0.15) is 22.9 Å². The highest BCUT2D eigenvalue weighted by molar-refractivity contribution is 6.10. The van der Waals surface area contributed by atoms with Gasteiger partial charge in [0.2, 0.25) is 0 Å². The molecule has 0 radical (unpaired) electrons. The number of carbonyl (C=O) groups is 2. The van der Waals surface area contributed by atoms with E-state index < -0.39 is 28.8 Å². The van der Waals surface area contributed by atoms with Crippen LogP contribution >= 0.6 is 0 Å². The number of fused-ring (bicyclic) bond motifs is 2. The molecule has 1 saturated heterocycles. The Labute approximate surface area is 138 Å². The number of rotatable bonds is 1. The Bertz CT molecular complexity index is 816. The minimum Gasteiger partial charge on any atom is -0.508 e. The van der Waals surface area contributed by atoms with Gasteiger partial charge in [-0.3, -0.25) is 9.59 Å². The second-order valence-corrected chi connectivity index (χ2v) is 7.61. The van der Waals surface area contributed by atoms with E-state index in [1.807, 2.05) is 0 Å². The fraction of sp³-hybridized carbons (Fsp3) is 0.556. The fourth-order valence-corrected chi connectivity index (χ4v) is 6.22. The maximum atomic E-state index is 13.2. The van der Waals surface area contributed by atoms with Crippen LogP contribution in [0.15, 0.2) is 12.1 Å². The van der Waals surface area contributed by atoms with Crippen LogP contribution < -0.4 is 0 Å². The summed E-state index contributed by atoms with van der Waals surface area (Å²) in [5, 5.41) is 31.6. The smallest absolute Gasteiger partial charge is 0.174 e. The van der Waals surface area contributed by atoms with Crippen molar-refractivity contribution in [2.45, 2.75) is 31.5 Å². The van der Waals surface area contributed by atoms with Gasteiger partial charge in [-0.05, 0) is 31.9 Å². The Morgan fingerprint density at radius 1 is 1.29 bits per heavy atom. The highest BCUT2D eigenvalue weighted by Crippen LogP contribution is 2.73. The summed E-state index contributed by atoms with van der Waals surface area (Å²) >= 11 is 0. The van der Waals surface area contributed by atoms with E-state index in [9.17, 15) is 24.9 Å². The topological polar surface area (TPSA) is 104 Å². The molecule has 3 N–H and O–H groups in total. The molecular weight excluding hydrogens is 312 g/mol. The van der Waals surface area contributed by atoms with Crippen molar-refractivity contribution in [2.24, 2.45) is 23.2 Å². The monoisotopic (exact) mass is 330 g/mol. The van der Waals surface area contributed by atoms with Crippen LogP contribution in [-0.2, 0) is 15.1 Å². The summed E-state index contributed by atoms with van der Waals surface area (Å²) in [4.78, 5) is 25.8. The van der Waals surface area contributed by atoms with E-state index in [2.05, 4.69) is 0 Å². The average Bonchev–Trinajstić information content (AvgIpc) is 3.03. The molecule has 6 rings (SSSR count). The Hall–Kier alpha value is -1.92. The first-order valence-electron chi connectivity index (χ1n) is 8.30. The largest absolute Gasteiger partial charge is 0.508 e. The van der Waals surface area contributed by atoms with E-state index in [0.29, 0.717) is 18.4 Å². The Morgan fingerprint density at radius 3 is 2.71 bits per heavy atom. The Morgan fingerprint density at radius 2 is 2.00 bits per heavy atom. The number of Topliss-reactive ketones (excluding diaryl/α,β-unsaturated/α-hetero) is 2. The van der Waals surface area contributed by atoms with Crippen molar-refractivity contribution < 1.29 is 29.6 Å². The van der Waals surface area contributed by atoms with Gasteiger partial charge in [-0.25, -0.2) is 0 Å². The Balaban J connectivity index is 1.89. The third-order valence-corrected chi connectivity index (χ3v) is 7.04. The number of ether oxygens (including phenoxy) is 1. The summed E-state index contributed by atoms with van der Waals surface area (Å²) in [6.45, 7) is 1.66. The molecule has 1 spiro atoms. The van der Waals surface area contributed by atoms with Crippen molar-refractivity contribution >= 4 is 11.6 Å². The third-order valence-electron chi connectivity index (χ3n) is 7.04. The van der Waals surface area contributed by atoms with E-state index in [1.165, 1.54) is 19.1 Å². The molecule has 0 aromatic heterocycles. The zero-order valence-corrected chi connectivity index (χ0v) is 13.2. The lowest BCUT2D eigenvalue weighted by Gasteiger charge is -2.58. The zero-order valence-electron chi connectivity index (χ0n) is 13.2. The minimum absolute atomic E-state index is 0.0484. The standard InChI is InChI=1S/C18H18O6/c1-7(19)17-5-4-9-8(16(17)23)6-24-18(9)13-11(21)3-2-10(20)12(13)14(22)15(17)18/h2-3,8-9,15-16,20-21,23H,4-6H2,1H3/t8-,9-,15+,16+,17+,18-/m1/s1. The molecule has 1 aromatic carbocycles. The normalized spacial score (nSPS) is 44.5. The van der Waals surface area contributed by atoms with Crippen LogP contribution in [-0.4, -0.2) is 39.6 Å². The maximum Gasteiger partial charge on any atom is 0.174 e. The van der Waals surface area contributed by atoms with E-state index in [4.69, 9.17) is 4.74 Å². The number of phenolic OH excluding ortho intramolecular Hbond substituents is 2. The number of carbonyl (C=O) groups excluding carboxylic acids is 2. The molecule has 24 heavy (non-hydrogen) atoms. The highest BCUT2D eigenvalue weighted by Gasteiger charge is 2.79. The van der Waals surface area contributed by atoms with Crippen LogP contribution in [0.3, 0.4) is 0 Å². The van der Waals surface area contributed by atoms with Gasteiger partial charge < -0.3 is 20.1 Å². The number of hydrogen-bond acceptors (Lipinski definition) is 6. The summed E-state index contributed by atoms with van der Waals surface area (Å²) in [7, 11) is 0. The van der Waals surface area contributed by atoms with Crippen LogP contribution in [0.1, 0.15) is 35.7 Å². The van der Waals surface area contributed by atoms with Crippen molar-refractivity contribution in [3.8, 4) is 11.5 Å². The van der Waals surface area contributed by atoms with Crippen molar-refractivity contribution in [3.05, 3.63) is 23.3 Å². The molecular formula is C18H18O6. The molecule has 4 bridgehead atoms. The zero-order chi connectivity index (χ0) is 17.0. The summed E-state index contributed by atoms with van der Waals surface area (Å²) in [5.41, 5.74) is -1.96. The maximum absolute atomic E-state index is 13.2. The molecule has 1 aromatic rings. The number of phenols is 2. The van der Waals surface area contributed by atoms with Gasteiger partial charge in [0.15, 0.2) is 5.78 Å². The van der Waals surface area contributed by atoms with Crippen LogP contribution in [0, 0.1) is 23.2 Å². The second-order valence-electron chi connectivity index (χ2n) is 7.61. The first-order valence-corrected chi connectivity index (χ1v) is 8.30. The van der Waals surface area contributed by atoms with Gasteiger partial charge in [0.25, 0.3) is 0 Å². The summed E-state index contributed by atoms with van der Waals surface area (Å²) < 4.78 is 6.10. The summed E-state index contributed by atoms with van der Waals surface area (Å²) in [6, 6.07) is 2.64. The average molecular weight is 330 g/mol. The molecule has 1 heterocycles. The SMILES string of the molecule is CC(=O)[C@@]12CC[C@@H]3[C@@H](CO[C@@]34c3c(O)ccc(O)c3C(=O)[C@@H]14)[C@@H]2O. The predicted molar refractivity (Wildman–Crippen MR) is 80.6 cm³/mol. The van der Waals surface area contributed by atoms with Gasteiger partial charge in [-0.2, -0.15) is 0 Å². The summed E-state index contributed by atoms with van der Waals surface area (Å²) in [5.74, 6) is -2.20. The van der Waals surface area contributed by atoms with E-state index >= 15 is 0 Å². The second kappa shape index (κ2) is 4.00. The number of aliphatic hydroxyl groups is 1. The molecule has 3 saturated carbocycles. The number of hydrogen-bond donors (Lipinski definition) is 3. The molecule has 6 heteroatoms. The van der Waals surface area contributed by atoms with Crippen molar-refractivity contribution in [3.63, 3.8) is 0 Å². The molecule has 4 fully saturated rings. The molecule has 4 aliphatic carbocycles. The fourth-order valence-electron chi connectivity index (χ4n) is 6.22. The number of aromatic hydroxyl groups is 2. The minimum atomic E-state index is -1.20. The van der Waals surface area contributed by atoms with Crippen molar-refractivity contribution in [1.82, 2.24) is 0 Å². The molecule has 5 aliphatic rings. The molecule has 126 valence electrons. The van der Waals surface area contributed by atoms with E-state index in [-0.39, 0.29) is 41.3 Å². The van der Waals surface area contributed by atoms with E-state index in [0.717, 1.165) is 0 Å². The molecule has 0 unspecified atom stereocenters. The van der Waals surface area contributed by atoms with Crippen molar-refractivity contribution in [1.29, 1.82) is 0 Å². The first kappa shape index (κ1) is 14.4. The number of aliphatic hydroxyl groups excluding tert-OH is 1. The molecule has 6 nitrogen and oxygen atoms in total. The van der Waals surface area contributed by atoms with Gasteiger partial charge >= 0.3 is 0 Å². The van der Waals surface area contributed by atoms with Crippen LogP contribution in [0.5, 0.6) is 11.5 Å². The van der Waals surface area contributed by atoms with Crippen LogP contribution in [0.4, 0.5) is 0 Å². The molecule has 0 amide bonds. The van der Waals surface area contributed by atoms with Gasteiger partial charge in [-0.1, -0.05) is 0 Å². The lowest BCUT2D eigenvalue weighted by Crippen LogP contribution is -2.67. The lowest BCUT2D eigenvalue weighted by molar-refractivity contribution is -0.196. The summed E-state index contributed by atoms with van der Waals surface area (Å²) in [6.07, 6.45) is 0.151. The predicted octanol–water partition coefficient (Wildman–Crippen LogP) is 1.11. The Kier molecular flexibility index (Phi) is 2.41. The van der Waals surface area contributed by atoms with Gasteiger partial charge in [0.05, 0.1) is 29.6 Å².